The zero-order chi connectivity index (χ0) is 18.1. The lowest BCUT2D eigenvalue weighted by molar-refractivity contribution is -0.139. The van der Waals surface area contributed by atoms with Gasteiger partial charge in [0, 0.05) is 12.3 Å². The second-order valence-corrected chi connectivity index (χ2v) is 6.29. The molecular formula is C21H17NO4. The van der Waals surface area contributed by atoms with Gasteiger partial charge in [-0.1, -0.05) is 48.5 Å². The third-order valence-electron chi connectivity index (χ3n) is 4.88. The van der Waals surface area contributed by atoms with Gasteiger partial charge in [-0.3, -0.25) is 4.90 Å². The Morgan fingerprint density at radius 1 is 1.15 bits per heavy atom. The molecule has 2 aliphatic rings. The van der Waals surface area contributed by atoms with Gasteiger partial charge in [0.25, 0.3) is 0 Å². The fraction of sp³-hybridized carbons (Fsp3) is 0.238. The van der Waals surface area contributed by atoms with Gasteiger partial charge in [0.15, 0.2) is 6.73 Å². The van der Waals surface area contributed by atoms with Gasteiger partial charge in [-0.25, -0.2) is 9.59 Å². The van der Waals surface area contributed by atoms with Gasteiger partial charge in [0.1, 0.15) is 12.6 Å². The summed E-state index contributed by atoms with van der Waals surface area (Å²) in [6.45, 7) is 0.0716. The molecule has 2 aromatic carbocycles. The van der Waals surface area contributed by atoms with E-state index >= 15 is 0 Å². The first-order valence-corrected chi connectivity index (χ1v) is 8.42. The number of hydrogen-bond acceptors (Lipinski definition) is 4. The second-order valence-electron chi connectivity index (χ2n) is 6.29. The number of cyclic esters (lactones) is 1. The fourth-order valence-corrected chi connectivity index (χ4v) is 3.61. The number of hydrogen-bond donors (Lipinski definition) is 0. The van der Waals surface area contributed by atoms with Crippen LogP contribution in [0, 0.1) is 12.3 Å². The Hall–Kier alpha value is -3.26. The largest absolute Gasteiger partial charge is 0.448 e. The molecule has 26 heavy (non-hydrogen) atoms. The molecule has 2 aromatic rings. The number of esters is 1. The van der Waals surface area contributed by atoms with Gasteiger partial charge in [0.2, 0.25) is 0 Å². The minimum Gasteiger partial charge on any atom is -0.448 e. The van der Waals surface area contributed by atoms with Crippen LogP contribution in [0.15, 0.2) is 48.5 Å². The molecule has 1 fully saturated rings. The van der Waals surface area contributed by atoms with E-state index in [-0.39, 0.29) is 25.7 Å². The molecule has 0 saturated carbocycles. The molecule has 5 nitrogen and oxygen atoms in total. The zero-order valence-electron chi connectivity index (χ0n) is 14.1. The van der Waals surface area contributed by atoms with Crippen molar-refractivity contribution < 1.29 is 19.1 Å². The molecule has 1 amide bonds. The summed E-state index contributed by atoms with van der Waals surface area (Å²) in [6.07, 6.45) is 4.80. The molecule has 0 spiro atoms. The molecule has 0 radical (unpaired) electrons. The van der Waals surface area contributed by atoms with Crippen LogP contribution in [0.1, 0.15) is 23.5 Å². The number of benzene rings is 2. The van der Waals surface area contributed by atoms with E-state index in [0.717, 1.165) is 22.3 Å². The zero-order valence-corrected chi connectivity index (χ0v) is 14.1. The van der Waals surface area contributed by atoms with Crippen LogP contribution in [0.25, 0.3) is 11.1 Å². The van der Waals surface area contributed by atoms with Gasteiger partial charge in [0.05, 0.1) is 0 Å². The molecule has 0 unspecified atom stereocenters. The highest BCUT2D eigenvalue weighted by Gasteiger charge is 2.39. The van der Waals surface area contributed by atoms with Gasteiger partial charge >= 0.3 is 12.1 Å². The molecule has 1 saturated heterocycles. The van der Waals surface area contributed by atoms with Gasteiger partial charge in [-0.05, 0) is 22.3 Å². The SMILES string of the molecule is C#CC[C@H]1C(=O)OCN1C(=O)OCC1c2ccccc2-c2ccccc21. The molecule has 5 heteroatoms. The number of carbonyl (C=O) groups is 2. The molecule has 0 bridgehead atoms. The first-order chi connectivity index (χ1) is 12.7. The van der Waals surface area contributed by atoms with E-state index < -0.39 is 18.1 Å². The smallest absolute Gasteiger partial charge is 0.413 e. The van der Waals surface area contributed by atoms with Crippen LogP contribution in [0.2, 0.25) is 0 Å². The van der Waals surface area contributed by atoms with Crippen molar-refractivity contribution in [1.29, 1.82) is 0 Å². The highest BCUT2D eigenvalue weighted by Crippen LogP contribution is 2.44. The number of amides is 1. The molecule has 1 atom stereocenters. The molecule has 1 heterocycles. The highest BCUT2D eigenvalue weighted by molar-refractivity contribution is 5.84. The van der Waals surface area contributed by atoms with E-state index in [1.165, 1.54) is 4.90 Å². The van der Waals surface area contributed by atoms with Crippen molar-refractivity contribution in [2.45, 2.75) is 18.4 Å². The predicted molar refractivity (Wildman–Crippen MR) is 95.1 cm³/mol. The maximum absolute atomic E-state index is 12.5. The van der Waals surface area contributed by atoms with Crippen LogP contribution in [-0.4, -0.2) is 36.3 Å². The first kappa shape index (κ1) is 16.2. The third kappa shape index (κ3) is 2.60. The minimum atomic E-state index is -0.768. The fourth-order valence-electron chi connectivity index (χ4n) is 3.61. The van der Waals surface area contributed by atoms with Crippen molar-refractivity contribution in [2.24, 2.45) is 0 Å². The van der Waals surface area contributed by atoms with Crippen LogP contribution in [0.4, 0.5) is 4.79 Å². The van der Waals surface area contributed by atoms with Crippen molar-refractivity contribution in [2.75, 3.05) is 13.3 Å². The van der Waals surface area contributed by atoms with Crippen LogP contribution in [-0.2, 0) is 14.3 Å². The average molecular weight is 347 g/mol. The van der Waals surface area contributed by atoms with Gasteiger partial charge in [-0.2, -0.15) is 0 Å². The monoisotopic (exact) mass is 347 g/mol. The number of rotatable bonds is 3. The normalized spacial score (nSPS) is 18.0. The molecule has 1 aliphatic carbocycles. The number of nitrogens with zero attached hydrogens (tertiary/aromatic N) is 1. The van der Waals surface area contributed by atoms with Crippen molar-refractivity contribution in [3.63, 3.8) is 0 Å². The summed E-state index contributed by atoms with van der Waals surface area (Å²) in [5, 5.41) is 0. The van der Waals surface area contributed by atoms with Crippen molar-refractivity contribution in [3.8, 4) is 23.5 Å². The van der Waals surface area contributed by atoms with E-state index in [4.69, 9.17) is 15.9 Å². The molecule has 0 aromatic heterocycles. The Labute approximate surface area is 151 Å². The lowest BCUT2D eigenvalue weighted by Crippen LogP contribution is -2.38. The van der Waals surface area contributed by atoms with Crippen LogP contribution < -0.4 is 0 Å². The maximum atomic E-state index is 12.5. The second kappa shape index (κ2) is 6.57. The molecule has 1 aliphatic heterocycles. The predicted octanol–water partition coefficient (Wildman–Crippen LogP) is 3.14. The summed E-state index contributed by atoms with van der Waals surface area (Å²) in [5.74, 6) is 1.88. The Kier molecular flexibility index (Phi) is 4.10. The first-order valence-electron chi connectivity index (χ1n) is 8.42. The Morgan fingerprint density at radius 2 is 1.77 bits per heavy atom. The van der Waals surface area contributed by atoms with Crippen molar-refractivity contribution in [1.82, 2.24) is 4.90 Å². The number of carbonyl (C=O) groups excluding carboxylic acids is 2. The summed E-state index contributed by atoms with van der Waals surface area (Å²) in [5.41, 5.74) is 4.59. The number of ether oxygens (including phenoxy) is 2. The molecule has 130 valence electrons. The van der Waals surface area contributed by atoms with Crippen molar-refractivity contribution in [3.05, 3.63) is 59.7 Å². The Bertz CT molecular complexity index is 869. The van der Waals surface area contributed by atoms with Gasteiger partial charge < -0.3 is 9.47 Å². The Balaban J connectivity index is 1.53. The molecule has 4 rings (SSSR count). The quantitative estimate of drug-likeness (QED) is 0.632. The topological polar surface area (TPSA) is 55.8 Å². The van der Waals surface area contributed by atoms with E-state index in [2.05, 4.69) is 30.2 Å². The van der Waals surface area contributed by atoms with Crippen LogP contribution in [0.3, 0.4) is 0 Å². The molecular weight excluding hydrogens is 330 g/mol. The summed E-state index contributed by atoms with van der Waals surface area (Å²) in [7, 11) is 0. The summed E-state index contributed by atoms with van der Waals surface area (Å²) >= 11 is 0. The maximum Gasteiger partial charge on any atom is 0.413 e. The highest BCUT2D eigenvalue weighted by atomic mass is 16.6. The average Bonchev–Trinajstić information content (AvgIpc) is 3.19. The summed E-state index contributed by atoms with van der Waals surface area (Å²) < 4.78 is 10.5. The third-order valence-corrected chi connectivity index (χ3v) is 4.88. The lowest BCUT2D eigenvalue weighted by atomic mass is 9.98. The number of fused-ring (bicyclic) bond motifs is 3. The van der Waals surface area contributed by atoms with E-state index in [1.54, 1.807) is 0 Å². The summed E-state index contributed by atoms with van der Waals surface area (Å²) in [6, 6.07) is 15.5. The number of terminal acetylenes is 1. The Morgan fingerprint density at radius 3 is 2.38 bits per heavy atom. The van der Waals surface area contributed by atoms with Crippen LogP contribution in [0.5, 0.6) is 0 Å². The van der Waals surface area contributed by atoms with E-state index in [0.29, 0.717) is 0 Å². The standard InChI is InChI=1S/C21H17NO4/c1-2-7-19-20(23)26-13-22(19)21(24)25-12-18-16-10-5-3-8-14(16)15-9-4-6-11-17(15)18/h1,3-6,8-11,18-19H,7,12-13H2/t19-/m0/s1. The molecule has 0 N–H and O–H groups in total. The van der Waals surface area contributed by atoms with E-state index in [9.17, 15) is 9.59 Å². The van der Waals surface area contributed by atoms with Crippen LogP contribution >= 0.6 is 0 Å². The van der Waals surface area contributed by atoms with E-state index in [1.807, 2.05) is 24.3 Å². The minimum absolute atomic E-state index is 0.0309. The lowest BCUT2D eigenvalue weighted by Gasteiger charge is -2.20. The van der Waals surface area contributed by atoms with Crippen molar-refractivity contribution >= 4 is 12.1 Å². The van der Waals surface area contributed by atoms with Gasteiger partial charge in [-0.15, -0.1) is 12.3 Å². The summed E-state index contributed by atoms with van der Waals surface area (Å²) in [4.78, 5) is 25.4.